The lowest BCUT2D eigenvalue weighted by atomic mass is 9.84. The minimum absolute atomic E-state index is 0.0262. The molecule has 5 nitrogen and oxygen atoms in total. The van der Waals surface area contributed by atoms with Gasteiger partial charge in [-0.2, -0.15) is 0 Å². The van der Waals surface area contributed by atoms with E-state index in [0.29, 0.717) is 6.42 Å². The molecule has 0 bridgehead atoms. The van der Waals surface area contributed by atoms with Crippen LogP contribution in [0.5, 0.6) is 0 Å². The molecule has 0 aliphatic rings. The topological polar surface area (TPSA) is 75.1 Å². The van der Waals surface area contributed by atoms with E-state index in [2.05, 4.69) is 29.1 Å². The van der Waals surface area contributed by atoms with E-state index in [-0.39, 0.29) is 11.8 Å². The Morgan fingerprint density at radius 1 is 1.47 bits per heavy atom. The molecule has 1 heterocycles. The van der Waals surface area contributed by atoms with Gasteiger partial charge in [0.15, 0.2) is 0 Å². The van der Waals surface area contributed by atoms with E-state index >= 15 is 0 Å². The number of hydrogen-bond donors (Lipinski definition) is 2. The second-order valence-corrected chi connectivity index (χ2v) is 4.83. The Morgan fingerprint density at radius 3 is 2.82 bits per heavy atom. The summed E-state index contributed by atoms with van der Waals surface area (Å²) in [7, 11) is 0. The van der Waals surface area contributed by atoms with Crippen molar-refractivity contribution < 1.29 is 9.90 Å². The van der Waals surface area contributed by atoms with Gasteiger partial charge in [-0.25, -0.2) is 9.97 Å². The van der Waals surface area contributed by atoms with Gasteiger partial charge in [0, 0.05) is 19.2 Å². The number of hydrogen-bond acceptors (Lipinski definition) is 4. The Labute approximate surface area is 101 Å². The molecule has 0 fully saturated rings. The van der Waals surface area contributed by atoms with Crippen LogP contribution < -0.4 is 5.32 Å². The summed E-state index contributed by atoms with van der Waals surface area (Å²) in [5.74, 6) is 0.0656. The Bertz CT molecular complexity index is 352. The third-order valence-electron chi connectivity index (χ3n) is 2.71. The zero-order valence-electron chi connectivity index (χ0n) is 10.3. The summed E-state index contributed by atoms with van der Waals surface area (Å²) in [5, 5.41) is 11.8. The SMILES string of the molecule is CC(C)(CCNc1ccncn1)CCC(=O)O. The lowest BCUT2D eigenvalue weighted by Crippen LogP contribution is -2.18. The molecular formula is C12H19N3O2. The number of rotatable bonds is 7. The zero-order chi connectivity index (χ0) is 12.7. The molecule has 0 saturated carbocycles. The number of carboxylic acids is 1. The number of carbonyl (C=O) groups is 1. The predicted molar refractivity (Wildman–Crippen MR) is 65.8 cm³/mol. The molecule has 17 heavy (non-hydrogen) atoms. The third kappa shape index (κ3) is 5.85. The van der Waals surface area contributed by atoms with Crippen LogP contribution in [-0.4, -0.2) is 27.6 Å². The van der Waals surface area contributed by atoms with E-state index < -0.39 is 5.97 Å². The minimum atomic E-state index is -0.734. The van der Waals surface area contributed by atoms with Gasteiger partial charge < -0.3 is 10.4 Å². The van der Waals surface area contributed by atoms with Crippen LogP contribution >= 0.6 is 0 Å². The van der Waals surface area contributed by atoms with Crippen molar-refractivity contribution in [3.63, 3.8) is 0 Å². The number of carboxylic acid groups (broad SMARTS) is 1. The molecule has 0 amide bonds. The van der Waals surface area contributed by atoms with Gasteiger partial charge in [0.25, 0.3) is 0 Å². The van der Waals surface area contributed by atoms with E-state index in [4.69, 9.17) is 5.11 Å². The highest BCUT2D eigenvalue weighted by Gasteiger charge is 2.18. The maximum absolute atomic E-state index is 10.5. The van der Waals surface area contributed by atoms with Gasteiger partial charge in [-0.15, -0.1) is 0 Å². The maximum Gasteiger partial charge on any atom is 0.303 e. The fourth-order valence-corrected chi connectivity index (χ4v) is 1.49. The van der Waals surface area contributed by atoms with E-state index in [0.717, 1.165) is 18.8 Å². The van der Waals surface area contributed by atoms with E-state index in [1.54, 1.807) is 6.20 Å². The van der Waals surface area contributed by atoms with Crippen LogP contribution in [0.1, 0.15) is 33.1 Å². The smallest absolute Gasteiger partial charge is 0.303 e. The number of anilines is 1. The van der Waals surface area contributed by atoms with Gasteiger partial charge in [-0.3, -0.25) is 4.79 Å². The average Bonchev–Trinajstić information content (AvgIpc) is 2.28. The highest BCUT2D eigenvalue weighted by molar-refractivity contribution is 5.66. The van der Waals surface area contributed by atoms with Crippen LogP contribution in [0, 0.1) is 5.41 Å². The van der Waals surface area contributed by atoms with Gasteiger partial charge in [-0.05, 0) is 24.3 Å². The van der Waals surface area contributed by atoms with Gasteiger partial charge >= 0.3 is 5.97 Å². The number of aromatic nitrogens is 2. The molecule has 0 radical (unpaired) electrons. The Hall–Kier alpha value is -1.65. The molecule has 5 heteroatoms. The summed E-state index contributed by atoms with van der Waals surface area (Å²) >= 11 is 0. The quantitative estimate of drug-likeness (QED) is 0.760. The molecule has 1 rings (SSSR count). The van der Waals surface area contributed by atoms with E-state index in [1.807, 2.05) is 6.07 Å². The third-order valence-corrected chi connectivity index (χ3v) is 2.71. The molecule has 0 saturated heterocycles. The van der Waals surface area contributed by atoms with Crippen molar-refractivity contribution >= 4 is 11.8 Å². The Morgan fingerprint density at radius 2 is 2.24 bits per heavy atom. The largest absolute Gasteiger partial charge is 0.481 e. The van der Waals surface area contributed by atoms with Gasteiger partial charge in [0.05, 0.1) is 0 Å². The van der Waals surface area contributed by atoms with Crippen LogP contribution in [0.4, 0.5) is 5.82 Å². The molecule has 2 N–H and O–H groups in total. The summed E-state index contributed by atoms with van der Waals surface area (Å²) < 4.78 is 0. The zero-order valence-corrected chi connectivity index (χ0v) is 10.3. The lowest BCUT2D eigenvalue weighted by molar-refractivity contribution is -0.137. The molecule has 0 aromatic carbocycles. The van der Waals surface area contributed by atoms with Crippen LogP contribution in [0.25, 0.3) is 0 Å². The predicted octanol–water partition coefficient (Wildman–Crippen LogP) is 2.17. The van der Waals surface area contributed by atoms with Crippen LogP contribution in [0.15, 0.2) is 18.6 Å². The Balaban J connectivity index is 2.27. The highest BCUT2D eigenvalue weighted by atomic mass is 16.4. The van der Waals surface area contributed by atoms with E-state index in [9.17, 15) is 4.79 Å². The number of aliphatic carboxylic acids is 1. The molecule has 1 aromatic rings. The van der Waals surface area contributed by atoms with Crippen molar-refractivity contribution in [1.82, 2.24) is 9.97 Å². The number of nitrogens with one attached hydrogen (secondary N) is 1. The molecule has 1 aromatic heterocycles. The summed E-state index contributed by atoms with van der Waals surface area (Å²) in [5.41, 5.74) is 0.0262. The second-order valence-electron chi connectivity index (χ2n) is 4.83. The summed E-state index contributed by atoms with van der Waals surface area (Å²) in [6.07, 6.45) is 5.00. The first-order chi connectivity index (χ1) is 7.99. The minimum Gasteiger partial charge on any atom is -0.481 e. The first-order valence-corrected chi connectivity index (χ1v) is 5.71. The normalized spacial score (nSPS) is 11.2. The standard InChI is InChI=1S/C12H19N3O2/c1-12(2,5-3-11(16)17)6-8-14-10-4-7-13-9-15-10/h4,7,9H,3,5-6,8H2,1-2H3,(H,16,17)(H,13,14,15). The van der Waals surface area contributed by atoms with Crippen LogP contribution in [0.2, 0.25) is 0 Å². The summed E-state index contributed by atoms with van der Waals surface area (Å²) in [6, 6.07) is 1.81. The monoisotopic (exact) mass is 237 g/mol. The van der Waals surface area contributed by atoms with Crippen molar-refractivity contribution in [3.05, 3.63) is 18.6 Å². The summed E-state index contributed by atoms with van der Waals surface area (Å²) in [6.45, 7) is 4.94. The average molecular weight is 237 g/mol. The number of nitrogens with zero attached hydrogens (tertiary/aromatic N) is 2. The first-order valence-electron chi connectivity index (χ1n) is 5.71. The highest BCUT2D eigenvalue weighted by Crippen LogP contribution is 2.26. The molecule has 0 spiro atoms. The van der Waals surface area contributed by atoms with Crippen molar-refractivity contribution in [2.45, 2.75) is 33.1 Å². The molecular weight excluding hydrogens is 218 g/mol. The fraction of sp³-hybridized carbons (Fsp3) is 0.583. The molecule has 94 valence electrons. The van der Waals surface area contributed by atoms with Gasteiger partial charge in [-0.1, -0.05) is 13.8 Å². The van der Waals surface area contributed by atoms with Crippen molar-refractivity contribution in [3.8, 4) is 0 Å². The lowest BCUT2D eigenvalue weighted by Gasteiger charge is -2.23. The molecule has 0 aliphatic heterocycles. The Kier molecular flexibility index (Phi) is 4.87. The first kappa shape index (κ1) is 13.4. The molecule has 0 aliphatic carbocycles. The summed E-state index contributed by atoms with van der Waals surface area (Å²) in [4.78, 5) is 18.4. The van der Waals surface area contributed by atoms with Crippen molar-refractivity contribution in [1.29, 1.82) is 0 Å². The van der Waals surface area contributed by atoms with Crippen molar-refractivity contribution in [2.75, 3.05) is 11.9 Å². The van der Waals surface area contributed by atoms with Crippen LogP contribution in [0.3, 0.4) is 0 Å². The fourth-order valence-electron chi connectivity index (χ4n) is 1.49. The second kappa shape index (κ2) is 6.18. The molecule has 0 atom stereocenters. The van der Waals surface area contributed by atoms with Crippen molar-refractivity contribution in [2.24, 2.45) is 5.41 Å². The van der Waals surface area contributed by atoms with Gasteiger partial charge in [0.1, 0.15) is 12.1 Å². The van der Waals surface area contributed by atoms with Gasteiger partial charge in [0.2, 0.25) is 0 Å². The van der Waals surface area contributed by atoms with E-state index in [1.165, 1.54) is 6.33 Å². The maximum atomic E-state index is 10.5. The van der Waals surface area contributed by atoms with Crippen LogP contribution in [-0.2, 0) is 4.79 Å². The molecule has 0 unspecified atom stereocenters.